The lowest BCUT2D eigenvalue weighted by atomic mass is 9.99. The smallest absolute Gasteiger partial charge is 0.0346 e. The number of hydrogen-bond acceptors (Lipinski definition) is 4. The van der Waals surface area contributed by atoms with Gasteiger partial charge < -0.3 is 5.32 Å². The van der Waals surface area contributed by atoms with Crippen LogP contribution in [0.15, 0.2) is 65.8 Å². The maximum Gasteiger partial charge on any atom is 0.0346 e. The Hall–Kier alpha value is -1.88. The van der Waals surface area contributed by atoms with E-state index in [1.807, 2.05) is 24.3 Å². The zero-order valence-corrected chi connectivity index (χ0v) is 14.4. The Kier molecular flexibility index (Phi) is 4.78. The Balaban J connectivity index is 1.79. The maximum atomic E-state index is 4.28. The van der Waals surface area contributed by atoms with Gasteiger partial charge in [0.05, 0.1) is 0 Å². The molecule has 3 aromatic rings. The van der Waals surface area contributed by atoms with E-state index in [4.69, 9.17) is 0 Å². The Morgan fingerprint density at radius 1 is 0.958 bits per heavy atom. The molecule has 0 amide bonds. The molecule has 1 saturated heterocycles. The SMILES string of the molecule is c1ccc(-c2c(SN3CCCNCC3)ccc3cnccc23)cc1. The topological polar surface area (TPSA) is 28.2 Å². The number of fused-ring (bicyclic) bond motifs is 1. The molecule has 24 heavy (non-hydrogen) atoms. The average Bonchev–Trinajstić information content (AvgIpc) is 2.91. The molecule has 1 fully saturated rings. The summed E-state index contributed by atoms with van der Waals surface area (Å²) in [6, 6.07) is 17.3. The van der Waals surface area contributed by atoms with Gasteiger partial charge in [0.1, 0.15) is 0 Å². The van der Waals surface area contributed by atoms with Crippen molar-refractivity contribution >= 4 is 22.7 Å². The molecule has 0 aliphatic carbocycles. The molecular weight excluding hydrogens is 314 g/mol. The highest BCUT2D eigenvalue weighted by atomic mass is 32.2. The lowest BCUT2D eigenvalue weighted by molar-refractivity contribution is 0.502. The van der Waals surface area contributed by atoms with Gasteiger partial charge in [-0.3, -0.25) is 4.98 Å². The van der Waals surface area contributed by atoms with Crippen LogP contribution < -0.4 is 5.32 Å². The van der Waals surface area contributed by atoms with Crippen molar-refractivity contribution < 1.29 is 0 Å². The fraction of sp³-hybridized carbons (Fsp3) is 0.250. The molecule has 1 N–H and O–H groups in total. The summed E-state index contributed by atoms with van der Waals surface area (Å²) < 4.78 is 2.48. The van der Waals surface area contributed by atoms with Crippen LogP contribution in [-0.2, 0) is 0 Å². The average molecular weight is 335 g/mol. The van der Waals surface area contributed by atoms with Crippen LogP contribution in [0, 0.1) is 0 Å². The number of hydrogen-bond donors (Lipinski definition) is 1. The van der Waals surface area contributed by atoms with E-state index in [9.17, 15) is 0 Å². The second-order valence-corrected chi connectivity index (χ2v) is 7.16. The van der Waals surface area contributed by atoms with Gasteiger partial charge in [0.2, 0.25) is 0 Å². The summed E-state index contributed by atoms with van der Waals surface area (Å²) in [5, 5.41) is 5.94. The summed E-state index contributed by atoms with van der Waals surface area (Å²) in [5.74, 6) is 0. The molecule has 0 saturated carbocycles. The highest BCUT2D eigenvalue weighted by molar-refractivity contribution is 7.97. The minimum atomic E-state index is 1.06. The highest BCUT2D eigenvalue weighted by Crippen LogP contribution is 2.38. The first-order chi connectivity index (χ1) is 11.9. The molecule has 122 valence electrons. The predicted molar refractivity (Wildman–Crippen MR) is 102 cm³/mol. The quantitative estimate of drug-likeness (QED) is 0.726. The second kappa shape index (κ2) is 7.34. The van der Waals surface area contributed by atoms with E-state index in [0.717, 1.165) is 26.2 Å². The minimum Gasteiger partial charge on any atom is -0.315 e. The third-order valence-corrected chi connectivity index (χ3v) is 5.53. The third-order valence-electron chi connectivity index (χ3n) is 4.37. The zero-order valence-electron chi connectivity index (χ0n) is 13.6. The maximum absolute atomic E-state index is 4.28. The molecule has 2 heterocycles. The molecule has 2 aromatic carbocycles. The molecule has 4 rings (SSSR count). The van der Waals surface area contributed by atoms with Crippen molar-refractivity contribution in [2.75, 3.05) is 26.2 Å². The normalized spacial score (nSPS) is 16.2. The van der Waals surface area contributed by atoms with Crippen molar-refractivity contribution in [2.24, 2.45) is 0 Å². The summed E-state index contributed by atoms with van der Waals surface area (Å²) >= 11 is 1.89. The molecule has 4 heteroatoms. The second-order valence-electron chi connectivity index (χ2n) is 6.03. The first kappa shape index (κ1) is 15.6. The molecule has 1 aliphatic heterocycles. The third kappa shape index (κ3) is 3.31. The molecule has 1 aliphatic rings. The number of aromatic nitrogens is 1. The van der Waals surface area contributed by atoms with E-state index in [0.29, 0.717) is 0 Å². The lowest BCUT2D eigenvalue weighted by Crippen LogP contribution is -2.22. The summed E-state index contributed by atoms with van der Waals surface area (Å²) in [5.41, 5.74) is 2.59. The summed E-state index contributed by atoms with van der Waals surface area (Å²) in [6.07, 6.45) is 5.04. The summed E-state index contributed by atoms with van der Waals surface area (Å²) in [7, 11) is 0. The Morgan fingerprint density at radius 2 is 1.88 bits per heavy atom. The van der Waals surface area contributed by atoms with Gasteiger partial charge in [-0.25, -0.2) is 4.31 Å². The molecule has 0 unspecified atom stereocenters. The number of benzene rings is 2. The van der Waals surface area contributed by atoms with E-state index < -0.39 is 0 Å². The Bertz CT molecular complexity index is 811. The van der Waals surface area contributed by atoms with E-state index >= 15 is 0 Å². The van der Waals surface area contributed by atoms with Gasteiger partial charge in [-0.05, 0) is 48.0 Å². The van der Waals surface area contributed by atoms with Crippen LogP contribution in [0.5, 0.6) is 0 Å². The molecular formula is C20H21N3S. The zero-order chi connectivity index (χ0) is 16.2. The van der Waals surface area contributed by atoms with Crippen LogP contribution in [0.1, 0.15) is 6.42 Å². The van der Waals surface area contributed by atoms with Crippen molar-refractivity contribution in [2.45, 2.75) is 11.3 Å². The molecule has 0 spiro atoms. The van der Waals surface area contributed by atoms with Crippen molar-refractivity contribution in [3.05, 3.63) is 60.9 Å². The van der Waals surface area contributed by atoms with Crippen LogP contribution in [0.4, 0.5) is 0 Å². The van der Waals surface area contributed by atoms with E-state index in [2.05, 4.69) is 63.1 Å². The number of pyridine rings is 1. The Labute approximate surface area is 147 Å². The van der Waals surface area contributed by atoms with Crippen molar-refractivity contribution in [1.82, 2.24) is 14.6 Å². The van der Waals surface area contributed by atoms with Gasteiger partial charge >= 0.3 is 0 Å². The van der Waals surface area contributed by atoms with Gasteiger partial charge in [0, 0.05) is 47.9 Å². The van der Waals surface area contributed by atoms with Crippen molar-refractivity contribution in [1.29, 1.82) is 0 Å². The van der Waals surface area contributed by atoms with E-state index in [-0.39, 0.29) is 0 Å². The lowest BCUT2D eigenvalue weighted by Gasteiger charge is -2.21. The van der Waals surface area contributed by atoms with Crippen LogP contribution >= 0.6 is 11.9 Å². The van der Waals surface area contributed by atoms with Gasteiger partial charge in [0.15, 0.2) is 0 Å². The molecule has 3 nitrogen and oxygen atoms in total. The standard InChI is InChI=1S/C20H21N3S/c1-2-5-16(6-3-1)20-18-9-11-22-15-17(18)7-8-19(20)24-23-13-4-10-21-12-14-23/h1-3,5-9,11,15,21H,4,10,12-14H2. The van der Waals surface area contributed by atoms with Gasteiger partial charge in [-0.15, -0.1) is 0 Å². The first-order valence-electron chi connectivity index (χ1n) is 8.47. The molecule has 1 aromatic heterocycles. The van der Waals surface area contributed by atoms with E-state index in [1.165, 1.54) is 33.2 Å². The molecule has 0 radical (unpaired) electrons. The number of nitrogens with zero attached hydrogens (tertiary/aromatic N) is 2. The highest BCUT2D eigenvalue weighted by Gasteiger charge is 2.15. The van der Waals surface area contributed by atoms with Crippen LogP contribution in [0.25, 0.3) is 21.9 Å². The van der Waals surface area contributed by atoms with E-state index in [1.54, 1.807) is 0 Å². The van der Waals surface area contributed by atoms with Crippen LogP contribution in [0.3, 0.4) is 0 Å². The number of rotatable bonds is 3. The van der Waals surface area contributed by atoms with Crippen molar-refractivity contribution in [3.8, 4) is 11.1 Å². The number of nitrogens with one attached hydrogen (secondary N) is 1. The van der Waals surface area contributed by atoms with Crippen molar-refractivity contribution in [3.63, 3.8) is 0 Å². The minimum absolute atomic E-state index is 1.06. The fourth-order valence-corrected chi connectivity index (χ4v) is 4.31. The largest absolute Gasteiger partial charge is 0.315 e. The first-order valence-corrected chi connectivity index (χ1v) is 9.25. The van der Waals surface area contributed by atoms with Gasteiger partial charge in [0.25, 0.3) is 0 Å². The predicted octanol–water partition coefficient (Wildman–Crippen LogP) is 4.20. The summed E-state index contributed by atoms with van der Waals surface area (Å²) in [4.78, 5) is 5.60. The van der Waals surface area contributed by atoms with Crippen LogP contribution in [-0.4, -0.2) is 35.5 Å². The monoisotopic (exact) mass is 335 g/mol. The molecule has 0 atom stereocenters. The fourth-order valence-electron chi connectivity index (χ4n) is 3.18. The molecule has 0 bridgehead atoms. The summed E-state index contributed by atoms with van der Waals surface area (Å²) in [6.45, 7) is 4.38. The Morgan fingerprint density at radius 3 is 2.79 bits per heavy atom. The van der Waals surface area contributed by atoms with Gasteiger partial charge in [-0.1, -0.05) is 36.4 Å². The van der Waals surface area contributed by atoms with Gasteiger partial charge in [-0.2, -0.15) is 0 Å². The van der Waals surface area contributed by atoms with Crippen LogP contribution in [0.2, 0.25) is 0 Å².